The van der Waals surface area contributed by atoms with Gasteiger partial charge in [-0.3, -0.25) is 19.3 Å². The fourth-order valence-corrected chi connectivity index (χ4v) is 6.16. The van der Waals surface area contributed by atoms with Gasteiger partial charge in [0.15, 0.2) is 0 Å². The molecule has 2 bridgehead atoms. The Morgan fingerprint density at radius 1 is 1.26 bits per heavy atom. The number of amides is 3. The van der Waals surface area contributed by atoms with Gasteiger partial charge in [-0.2, -0.15) is 5.26 Å². The first kappa shape index (κ1) is 22.8. The molecule has 0 radical (unpaired) electrons. The average molecular weight is 465 g/mol. The van der Waals surface area contributed by atoms with E-state index in [4.69, 9.17) is 5.73 Å². The van der Waals surface area contributed by atoms with Crippen LogP contribution in [-0.4, -0.2) is 94.7 Å². The van der Waals surface area contributed by atoms with Gasteiger partial charge in [0.1, 0.15) is 6.04 Å². The molecular formula is C25H32N6O3. The Kier molecular flexibility index (Phi) is 5.61. The van der Waals surface area contributed by atoms with Crippen LogP contribution in [0.4, 0.5) is 0 Å². The van der Waals surface area contributed by atoms with E-state index in [0.29, 0.717) is 24.6 Å². The van der Waals surface area contributed by atoms with Crippen LogP contribution in [0.5, 0.6) is 0 Å². The summed E-state index contributed by atoms with van der Waals surface area (Å²) in [6.45, 7) is 3.00. The number of hydrogen-bond acceptors (Lipinski definition) is 6. The SMILES string of the molecule is CC(c1cccc(C(=O)N(C)C)c1)N1C(=O)C2C[C@H]1CN2CC(N)C(=O)N1C(C#N)CC2CC21. The Morgan fingerprint density at radius 3 is 2.71 bits per heavy atom. The zero-order valence-electron chi connectivity index (χ0n) is 19.9. The molecule has 34 heavy (non-hydrogen) atoms. The number of fused-ring (bicyclic) bond motifs is 3. The highest BCUT2D eigenvalue weighted by atomic mass is 16.2. The van der Waals surface area contributed by atoms with E-state index in [1.165, 1.54) is 0 Å². The summed E-state index contributed by atoms with van der Waals surface area (Å²) in [4.78, 5) is 45.9. The molecule has 1 aliphatic carbocycles. The Morgan fingerprint density at radius 2 is 2.03 bits per heavy atom. The first-order valence-corrected chi connectivity index (χ1v) is 12.1. The first-order valence-electron chi connectivity index (χ1n) is 12.1. The number of carbonyl (C=O) groups excluding carboxylic acids is 3. The normalized spacial score (nSPS) is 31.3. The number of nitrogens with zero attached hydrogens (tertiary/aromatic N) is 5. The summed E-state index contributed by atoms with van der Waals surface area (Å²) in [6, 6.07) is 8.39. The summed E-state index contributed by atoms with van der Waals surface area (Å²) in [7, 11) is 3.44. The highest BCUT2D eigenvalue weighted by Crippen LogP contribution is 2.48. The van der Waals surface area contributed by atoms with E-state index >= 15 is 0 Å². The second-order valence-electron chi connectivity index (χ2n) is 10.4. The monoisotopic (exact) mass is 464 g/mol. The fraction of sp³-hybridized carbons (Fsp3) is 0.600. The molecule has 180 valence electrons. The number of benzene rings is 1. The molecular weight excluding hydrogens is 432 g/mol. The van der Waals surface area contributed by atoms with Crippen LogP contribution in [0.1, 0.15) is 48.1 Å². The second-order valence-corrected chi connectivity index (χ2v) is 10.4. The number of likely N-dealkylation sites (tertiary alicyclic amines) is 3. The molecule has 9 nitrogen and oxygen atoms in total. The van der Waals surface area contributed by atoms with Crippen molar-refractivity contribution in [3.63, 3.8) is 0 Å². The topological polar surface area (TPSA) is 114 Å². The zero-order valence-corrected chi connectivity index (χ0v) is 19.9. The third kappa shape index (κ3) is 3.65. The lowest BCUT2D eigenvalue weighted by atomic mass is 10.0. The molecule has 0 spiro atoms. The van der Waals surface area contributed by atoms with Gasteiger partial charge in [-0.25, -0.2) is 0 Å². The number of nitrogens with two attached hydrogens (primary N) is 1. The van der Waals surface area contributed by atoms with E-state index in [0.717, 1.165) is 24.8 Å². The summed E-state index contributed by atoms with van der Waals surface area (Å²) in [5.74, 6) is 0.263. The molecule has 6 unspecified atom stereocenters. The molecule has 1 saturated carbocycles. The van der Waals surface area contributed by atoms with Gasteiger partial charge in [-0.15, -0.1) is 0 Å². The fourth-order valence-electron chi connectivity index (χ4n) is 6.16. The highest BCUT2D eigenvalue weighted by molar-refractivity contribution is 5.94. The molecule has 1 aromatic rings. The predicted octanol–water partition coefficient (Wildman–Crippen LogP) is 0.575. The van der Waals surface area contributed by atoms with Gasteiger partial charge in [-0.1, -0.05) is 12.1 Å². The van der Waals surface area contributed by atoms with Gasteiger partial charge in [0.05, 0.1) is 24.2 Å². The van der Waals surface area contributed by atoms with Crippen molar-refractivity contribution in [3.8, 4) is 6.07 Å². The number of rotatable bonds is 6. The van der Waals surface area contributed by atoms with E-state index in [1.54, 1.807) is 30.0 Å². The summed E-state index contributed by atoms with van der Waals surface area (Å²) in [5.41, 5.74) is 7.84. The molecule has 7 atom stereocenters. The van der Waals surface area contributed by atoms with Crippen LogP contribution >= 0.6 is 0 Å². The van der Waals surface area contributed by atoms with Crippen LogP contribution in [0.3, 0.4) is 0 Å². The van der Waals surface area contributed by atoms with Crippen LogP contribution < -0.4 is 5.73 Å². The van der Waals surface area contributed by atoms with Gasteiger partial charge >= 0.3 is 0 Å². The van der Waals surface area contributed by atoms with Crippen LogP contribution in [0.25, 0.3) is 0 Å². The summed E-state index contributed by atoms with van der Waals surface area (Å²) >= 11 is 0. The van der Waals surface area contributed by atoms with Crippen LogP contribution in [0, 0.1) is 17.2 Å². The Balaban J connectivity index is 1.24. The number of piperazine rings is 1. The van der Waals surface area contributed by atoms with E-state index in [1.807, 2.05) is 34.9 Å². The van der Waals surface area contributed by atoms with E-state index in [2.05, 4.69) is 6.07 Å². The van der Waals surface area contributed by atoms with E-state index in [9.17, 15) is 19.6 Å². The van der Waals surface area contributed by atoms with Crippen molar-refractivity contribution in [3.05, 3.63) is 35.4 Å². The van der Waals surface area contributed by atoms with E-state index < -0.39 is 6.04 Å². The van der Waals surface area contributed by atoms with Gasteiger partial charge < -0.3 is 20.4 Å². The minimum absolute atomic E-state index is 0.0473. The lowest BCUT2D eigenvalue weighted by Crippen LogP contribution is -2.57. The van der Waals surface area contributed by atoms with Gasteiger partial charge in [0.2, 0.25) is 11.8 Å². The maximum Gasteiger partial charge on any atom is 0.253 e. The first-order chi connectivity index (χ1) is 16.2. The van der Waals surface area contributed by atoms with Crippen LogP contribution in [0.15, 0.2) is 24.3 Å². The Bertz CT molecular complexity index is 1070. The molecule has 3 aliphatic heterocycles. The molecule has 3 amide bonds. The van der Waals surface area contributed by atoms with Gasteiger partial charge in [0.25, 0.3) is 5.91 Å². The standard InChI is InChI=1S/C25H32N6O3/c1-14(15-5-4-6-16(7-15)23(32)28(2)3)30-19-10-22(25(30)34)29(12-19)13-20(27)24(33)31-18(11-26)8-17-9-21(17)31/h4-7,14,17-22H,8-10,12-13,27H2,1-3H3/t14?,17?,18?,19-,20?,21?,22?/m0/s1. The number of piperidine rings is 1. The Labute approximate surface area is 200 Å². The minimum Gasteiger partial charge on any atom is -0.345 e. The quantitative estimate of drug-likeness (QED) is 0.659. The molecule has 1 aromatic carbocycles. The largest absolute Gasteiger partial charge is 0.345 e. The van der Waals surface area contributed by atoms with Crippen molar-refractivity contribution in [1.82, 2.24) is 19.6 Å². The summed E-state index contributed by atoms with van der Waals surface area (Å²) in [5, 5.41) is 9.39. The maximum absolute atomic E-state index is 13.3. The third-order valence-corrected chi connectivity index (χ3v) is 8.01. The zero-order chi connectivity index (χ0) is 24.3. The average Bonchev–Trinajstić information content (AvgIpc) is 3.15. The smallest absolute Gasteiger partial charge is 0.253 e. The lowest BCUT2D eigenvalue weighted by molar-refractivity contribution is -0.141. The van der Waals surface area contributed by atoms with Crippen molar-refractivity contribution in [2.24, 2.45) is 11.7 Å². The maximum atomic E-state index is 13.3. The molecule has 3 heterocycles. The number of nitriles is 1. The van der Waals surface area contributed by atoms with Crippen molar-refractivity contribution < 1.29 is 14.4 Å². The predicted molar refractivity (Wildman–Crippen MR) is 124 cm³/mol. The summed E-state index contributed by atoms with van der Waals surface area (Å²) in [6.07, 6.45) is 2.44. The second kappa shape index (κ2) is 8.36. The van der Waals surface area contributed by atoms with Crippen LogP contribution in [0.2, 0.25) is 0 Å². The lowest BCUT2D eigenvalue weighted by Gasteiger charge is -2.38. The van der Waals surface area contributed by atoms with Crippen molar-refractivity contribution >= 4 is 17.7 Å². The van der Waals surface area contributed by atoms with Gasteiger partial charge in [-0.05, 0) is 49.8 Å². The number of hydrogen-bond donors (Lipinski definition) is 1. The van der Waals surface area contributed by atoms with Gasteiger partial charge in [0, 0.05) is 44.8 Å². The molecule has 3 saturated heterocycles. The third-order valence-electron chi connectivity index (χ3n) is 8.01. The highest BCUT2D eigenvalue weighted by Gasteiger charge is 2.56. The van der Waals surface area contributed by atoms with Crippen molar-refractivity contribution in [2.45, 2.75) is 62.4 Å². The van der Waals surface area contributed by atoms with Crippen molar-refractivity contribution in [2.75, 3.05) is 27.2 Å². The molecule has 9 heteroatoms. The molecule has 5 rings (SSSR count). The van der Waals surface area contributed by atoms with Crippen molar-refractivity contribution in [1.29, 1.82) is 5.26 Å². The number of carbonyl (C=O) groups is 3. The van der Waals surface area contributed by atoms with E-state index in [-0.39, 0.29) is 47.9 Å². The Hall–Kier alpha value is -2.96. The minimum atomic E-state index is -0.734. The molecule has 4 aliphatic rings. The molecule has 2 N–H and O–H groups in total. The van der Waals surface area contributed by atoms with Crippen LogP contribution in [-0.2, 0) is 9.59 Å². The molecule has 4 fully saturated rings. The summed E-state index contributed by atoms with van der Waals surface area (Å²) < 4.78 is 0. The molecule has 0 aromatic heterocycles.